The zero-order chi connectivity index (χ0) is 18.7. The van der Waals surface area contributed by atoms with Crippen LogP contribution in [0.15, 0.2) is 53.1 Å². The molecule has 26 heavy (non-hydrogen) atoms. The third-order valence-corrected chi connectivity index (χ3v) is 4.48. The van der Waals surface area contributed by atoms with Crippen molar-refractivity contribution < 1.29 is 13.6 Å². The van der Waals surface area contributed by atoms with Crippen LogP contribution in [0.1, 0.15) is 21.6 Å². The molecule has 0 aliphatic carbocycles. The minimum Gasteiger partial charge on any atom is -0.352 e. The summed E-state index contributed by atoms with van der Waals surface area (Å²) in [6.45, 7) is 2.08. The van der Waals surface area contributed by atoms with E-state index < -0.39 is 11.6 Å². The van der Waals surface area contributed by atoms with Gasteiger partial charge in [-0.2, -0.15) is 5.10 Å². The molecule has 1 amide bonds. The molecular weight excluding hydrogens is 404 g/mol. The van der Waals surface area contributed by atoms with Gasteiger partial charge in [-0.05, 0) is 55.3 Å². The van der Waals surface area contributed by atoms with Gasteiger partial charge in [-0.1, -0.05) is 15.9 Å². The van der Waals surface area contributed by atoms with Gasteiger partial charge >= 0.3 is 0 Å². The average Bonchev–Trinajstić information content (AvgIpc) is 2.96. The summed E-state index contributed by atoms with van der Waals surface area (Å²) in [5, 5.41) is 7.02. The molecule has 7 heteroatoms. The number of rotatable bonds is 5. The van der Waals surface area contributed by atoms with E-state index in [-0.39, 0.29) is 12.5 Å². The third kappa shape index (κ3) is 4.16. The normalized spacial score (nSPS) is 10.8. The highest BCUT2D eigenvalue weighted by Crippen LogP contribution is 2.17. The van der Waals surface area contributed by atoms with Crippen molar-refractivity contribution in [3.05, 3.63) is 81.6 Å². The minimum atomic E-state index is -0.627. The molecule has 134 valence electrons. The summed E-state index contributed by atoms with van der Waals surface area (Å²) in [6.07, 6.45) is 1.84. The van der Waals surface area contributed by atoms with Crippen LogP contribution in [-0.2, 0) is 6.42 Å². The van der Waals surface area contributed by atoms with Crippen LogP contribution >= 0.6 is 15.9 Å². The van der Waals surface area contributed by atoms with Crippen LogP contribution in [-0.4, -0.2) is 22.2 Å². The van der Waals surface area contributed by atoms with Gasteiger partial charge in [-0.15, -0.1) is 0 Å². The smallest absolute Gasteiger partial charge is 0.254 e. The van der Waals surface area contributed by atoms with Gasteiger partial charge < -0.3 is 5.32 Å². The van der Waals surface area contributed by atoms with Crippen LogP contribution in [0.5, 0.6) is 0 Å². The fraction of sp³-hybridized carbons (Fsp3) is 0.158. The Labute approximate surface area is 158 Å². The standard InChI is InChI=1S/C19H16BrF2N3O/c1-12-18(11-24-25(12)17-4-2-14(20)3-5-17)19(26)23-7-6-13-8-15(21)10-16(22)9-13/h2-5,8-11H,6-7H2,1H3,(H,23,26). The lowest BCUT2D eigenvalue weighted by molar-refractivity contribution is 0.0953. The molecule has 2 aromatic carbocycles. The molecule has 0 saturated heterocycles. The molecular formula is C19H16BrF2N3O. The highest BCUT2D eigenvalue weighted by atomic mass is 79.9. The molecule has 0 aliphatic rings. The van der Waals surface area contributed by atoms with E-state index in [0.29, 0.717) is 23.2 Å². The highest BCUT2D eigenvalue weighted by Gasteiger charge is 2.15. The molecule has 0 radical (unpaired) electrons. The number of halogens is 3. The summed E-state index contributed by atoms with van der Waals surface area (Å²) in [5.74, 6) is -1.53. The lowest BCUT2D eigenvalue weighted by atomic mass is 10.1. The number of aromatic nitrogens is 2. The van der Waals surface area contributed by atoms with Crippen LogP contribution in [0.25, 0.3) is 5.69 Å². The highest BCUT2D eigenvalue weighted by molar-refractivity contribution is 9.10. The van der Waals surface area contributed by atoms with Crippen molar-refractivity contribution in [3.63, 3.8) is 0 Å². The van der Waals surface area contributed by atoms with Gasteiger partial charge in [0.2, 0.25) is 0 Å². The lowest BCUT2D eigenvalue weighted by Gasteiger charge is -2.07. The maximum atomic E-state index is 13.2. The van der Waals surface area contributed by atoms with Crippen LogP contribution < -0.4 is 5.32 Å². The molecule has 0 spiro atoms. The quantitative estimate of drug-likeness (QED) is 0.673. The van der Waals surface area contributed by atoms with E-state index in [1.54, 1.807) is 4.68 Å². The molecule has 3 rings (SSSR count). The molecule has 0 aliphatic heterocycles. The Morgan fingerprint density at radius 3 is 2.46 bits per heavy atom. The lowest BCUT2D eigenvalue weighted by Crippen LogP contribution is -2.26. The number of hydrogen-bond acceptors (Lipinski definition) is 2. The summed E-state index contributed by atoms with van der Waals surface area (Å²) in [6, 6.07) is 10.9. The predicted octanol–water partition coefficient (Wildman–Crippen LogP) is 4.19. The Morgan fingerprint density at radius 1 is 1.15 bits per heavy atom. The molecule has 0 saturated carbocycles. The van der Waals surface area contributed by atoms with Crippen LogP contribution in [0.2, 0.25) is 0 Å². The van der Waals surface area contributed by atoms with Gasteiger partial charge in [0.25, 0.3) is 5.91 Å². The van der Waals surface area contributed by atoms with E-state index in [9.17, 15) is 13.6 Å². The largest absolute Gasteiger partial charge is 0.352 e. The Kier molecular flexibility index (Phi) is 5.46. The number of nitrogens with one attached hydrogen (secondary N) is 1. The van der Waals surface area contributed by atoms with E-state index >= 15 is 0 Å². The van der Waals surface area contributed by atoms with Crippen LogP contribution in [0, 0.1) is 18.6 Å². The number of hydrogen-bond donors (Lipinski definition) is 1. The first-order valence-corrected chi connectivity index (χ1v) is 8.77. The Balaban J connectivity index is 1.66. The van der Waals surface area contributed by atoms with Crippen molar-refractivity contribution >= 4 is 21.8 Å². The van der Waals surface area contributed by atoms with Crippen molar-refractivity contribution in [2.24, 2.45) is 0 Å². The van der Waals surface area contributed by atoms with Crippen LogP contribution in [0.3, 0.4) is 0 Å². The first kappa shape index (κ1) is 18.3. The van der Waals surface area contributed by atoms with E-state index in [1.165, 1.54) is 18.3 Å². The number of nitrogens with zero attached hydrogens (tertiary/aromatic N) is 2. The molecule has 0 atom stereocenters. The maximum Gasteiger partial charge on any atom is 0.254 e. The van der Waals surface area contributed by atoms with E-state index in [0.717, 1.165) is 16.2 Å². The van der Waals surface area contributed by atoms with Gasteiger partial charge in [-0.3, -0.25) is 4.79 Å². The van der Waals surface area contributed by atoms with Crippen molar-refractivity contribution in [2.75, 3.05) is 6.54 Å². The second-order valence-electron chi connectivity index (χ2n) is 5.82. The molecule has 0 fully saturated rings. The molecule has 0 unspecified atom stereocenters. The van der Waals surface area contributed by atoms with Crippen molar-refractivity contribution in [1.29, 1.82) is 0 Å². The van der Waals surface area contributed by atoms with E-state index in [4.69, 9.17) is 0 Å². The van der Waals surface area contributed by atoms with Gasteiger partial charge in [0, 0.05) is 17.1 Å². The van der Waals surface area contributed by atoms with E-state index in [2.05, 4.69) is 26.3 Å². The van der Waals surface area contributed by atoms with Gasteiger partial charge in [0.15, 0.2) is 0 Å². The Hall–Kier alpha value is -2.54. The van der Waals surface area contributed by atoms with Crippen molar-refractivity contribution in [3.8, 4) is 5.69 Å². The topological polar surface area (TPSA) is 46.9 Å². The third-order valence-electron chi connectivity index (χ3n) is 3.95. The summed E-state index contributed by atoms with van der Waals surface area (Å²) in [5.41, 5.74) is 2.50. The second-order valence-corrected chi connectivity index (χ2v) is 6.73. The molecule has 4 nitrogen and oxygen atoms in total. The predicted molar refractivity (Wildman–Crippen MR) is 98.4 cm³/mol. The molecule has 0 bridgehead atoms. The number of carbonyl (C=O) groups is 1. The summed E-state index contributed by atoms with van der Waals surface area (Å²) in [4.78, 5) is 12.4. The summed E-state index contributed by atoms with van der Waals surface area (Å²) < 4.78 is 29.0. The number of benzene rings is 2. The molecule has 1 N–H and O–H groups in total. The zero-order valence-electron chi connectivity index (χ0n) is 14.0. The van der Waals surface area contributed by atoms with Gasteiger partial charge in [0.05, 0.1) is 23.1 Å². The number of amides is 1. The zero-order valence-corrected chi connectivity index (χ0v) is 15.6. The fourth-order valence-corrected chi connectivity index (χ4v) is 2.91. The number of carbonyl (C=O) groups excluding carboxylic acids is 1. The maximum absolute atomic E-state index is 13.2. The van der Waals surface area contributed by atoms with Crippen molar-refractivity contribution in [1.82, 2.24) is 15.1 Å². The Bertz CT molecular complexity index is 918. The van der Waals surface area contributed by atoms with E-state index in [1.807, 2.05) is 31.2 Å². The molecule has 1 aromatic heterocycles. The monoisotopic (exact) mass is 419 g/mol. The Morgan fingerprint density at radius 2 is 1.81 bits per heavy atom. The first-order chi connectivity index (χ1) is 12.4. The SMILES string of the molecule is Cc1c(C(=O)NCCc2cc(F)cc(F)c2)cnn1-c1ccc(Br)cc1. The first-order valence-electron chi connectivity index (χ1n) is 7.98. The molecule has 3 aromatic rings. The second kappa shape index (κ2) is 7.78. The van der Waals surface area contributed by atoms with Crippen molar-refractivity contribution in [2.45, 2.75) is 13.3 Å². The van der Waals surface area contributed by atoms with Crippen LogP contribution in [0.4, 0.5) is 8.78 Å². The summed E-state index contributed by atoms with van der Waals surface area (Å²) >= 11 is 3.38. The van der Waals surface area contributed by atoms with Gasteiger partial charge in [-0.25, -0.2) is 13.5 Å². The minimum absolute atomic E-state index is 0.268. The van der Waals surface area contributed by atoms with Gasteiger partial charge in [0.1, 0.15) is 11.6 Å². The average molecular weight is 420 g/mol. The summed E-state index contributed by atoms with van der Waals surface area (Å²) in [7, 11) is 0. The fourth-order valence-electron chi connectivity index (χ4n) is 2.65. The molecule has 1 heterocycles.